The molecule has 2 aliphatic heterocycles. The molecule has 24 heavy (non-hydrogen) atoms. The number of carbonyl (C=O) groups is 1. The summed E-state index contributed by atoms with van der Waals surface area (Å²) in [6, 6.07) is 4.02. The summed E-state index contributed by atoms with van der Waals surface area (Å²) in [6.07, 6.45) is 6.06. The Hall–Kier alpha value is -1.69. The largest absolute Gasteiger partial charge is 0.353 e. The van der Waals surface area contributed by atoms with Crippen molar-refractivity contribution >= 4 is 11.7 Å². The Morgan fingerprint density at radius 2 is 1.71 bits per heavy atom. The molecule has 6 heteroatoms. The average molecular weight is 331 g/mol. The topological polar surface area (TPSA) is 52.6 Å². The highest BCUT2D eigenvalue weighted by atomic mass is 16.2. The first kappa shape index (κ1) is 17.1. The summed E-state index contributed by atoms with van der Waals surface area (Å²) in [4.78, 5) is 19.3. The normalized spacial score (nSPS) is 20.5. The van der Waals surface area contributed by atoms with E-state index >= 15 is 0 Å². The summed E-state index contributed by atoms with van der Waals surface area (Å²) in [5, 5.41) is 8.43. The summed E-state index contributed by atoms with van der Waals surface area (Å²) in [7, 11) is 0. The van der Waals surface area contributed by atoms with E-state index in [1.165, 1.54) is 25.7 Å². The SMILES string of the molecule is Cc1ccc(N2CCCN(C(=O)CN3CCCCCC3)CC2)nn1. The molecule has 0 N–H and O–H groups in total. The Labute approximate surface area is 144 Å². The van der Waals surface area contributed by atoms with Crippen molar-refractivity contribution in [3.63, 3.8) is 0 Å². The fourth-order valence-electron chi connectivity index (χ4n) is 3.54. The molecule has 132 valence electrons. The summed E-state index contributed by atoms with van der Waals surface area (Å²) >= 11 is 0. The van der Waals surface area contributed by atoms with E-state index in [9.17, 15) is 4.79 Å². The molecule has 0 radical (unpaired) electrons. The maximum Gasteiger partial charge on any atom is 0.236 e. The monoisotopic (exact) mass is 331 g/mol. The van der Waals surface area contributed by atoms with Gasteiger partial charge in [0.05, 0.1) is 12.2 Å². The van der Waals surface area contributed by atoms with Crippen LogP contribution >= 0.6 is 0 Å². The van der Waals surface area contributed by atoms with Crippen molar-refractivity contribution in [3.05, 3.63) is 17.8 Å². The predicted octanol–water partition coefficient (Wildman–Crippen LogP) is 1.70. The highest BCUT2D eigenvalue weighted by molar-refractivity contribution is 5.78. The Bertz CT molecular complexity index is 525. The molecule has 2 saturated heterocycles. The molecule has 3 rings (SSSR count). The summed E-state index contributed by atoms with van der Waals surface area (Å²) in [6.45, 7) is 8.08. The van der Waals surface area contributed by atoms with Gasteiger partial charge >= 0.3 is 0 Å². The molecule has 0 saturated carbocycles. The van der Waals surface area contributed by atoms with Gasteiger partial charge in [-0.05, 0) is 51.4 Å². The van der Waals surface area contributed by atoms with Crippen molar-refractivity contribution in [1.29, 1.82) is 0 Å². The highest BCUT2D eigenvalue weighted by Crippen LogP contribution is 2.14. The zero-order valence-corrected chi connectivity index (χ0v) is 14.8. The van der Waals surface area contributed by atoms with Crippen LogP contribution in [0.1, 0.15) is 37.8 Å². The van der Waals surface area contributed by atoms with Gasteiger partial charge in [0.25, 0.3) is 0 Å². The van der Waals surface area contributed by atoms with E-state index in [1.54, 1.807) is 0 Å². The number of hydrogen-bond acceptors (Lipinski definition) is 5. The molecule has 2 fully saturated rings. The maximum absolute atomic E-state index is 12.7. The minimum Gasteiger partial charge on any atom is -0.353 e. The number of amides is 1. The van der Waals surface area contributed by atoms with E-state index in [4.69, 9.17) is 0 Å². The van der Waals surface area contributed by atoms with Crippen molar-refractivity contribution in [2.45, 2.75) is 39.0 Å². The van der Waals surface area contributed by atoms with Crippen LogP contribution in [0.4, 0.5) is 5.82 Å². The molecule has 2 aliphatic rings. The Morgan fingerprint density at radius 3 is 2.42 bits per heavy atom. The van der Waals surface area contributed by atoms with Gasteiger partial charge in [-0.1, -0.05) is 12.8 Å². The van der Waals surface area contributed by atoms with Gasteiger partial charge in [-0.3, -0.25) is 9.69 Å². The smallest absolute Gasteiger partial charge is 0.236 e. The molecule has 0 spiro atoms. The fraction of sp³-hybridized carbons (Fsp3) is 0.722. The first-order valence-corrected chi connectivity index (χ1v) is 9.28. The first-order valence-electron chi connectivity index (χ1n) is 9.28. The molecule has 1 aromatic rings. The molecular formula is C18H29N5O. The number of nitrogens with zero attached hydrogens (tertiary/aromatic N) is 5. The second-order valence-corrected chi connectivity index (χ2v) is 6.94. The van der Waals surface area contributed by atoms with Gasteiger partial charge in [0, 0.05) is 26.2 Å². The lowest BCUT2D eigenvalue weighted by Gasteiger charge is -2.26. The van der Waals surface area contributed by atoms with Crippen LogP contribution < -0.4 is 4.90 Å². The zero-order chi connectivity index (χ0) is 16.8. The van der Waals surface area contributed by atoms with Crippen LogP contribution in [0, 0.1) is 6.92 Å². The molecule has 0 unspecified atom stereocenters. The number of rotatable bonds is 3. The van der Waals surface area contributed by atoms with Gasteiger partial charge in [0.2, 0.25) is 5.91 Å². The summed E-state index contributed by atoms with van der Waals surface area (Å²) in [5.74, 6) is 1.20. The van der Waals surface area contributed by atoms with Gasteiger partial charge in [0.15, 0.2) is 5.82 Å². The Balaban J connectivity index is 1.52. The van der Waals surface area contributed by atoms with Crippen LogP contribution in [0.2, 0.25) is 0 Å². The Kier molecular flexibility index (Phi) is 6.01. The molecular weight excluding hydrogens is 302 g/mol. The van der Waals surface area contributed by atoms with Crippen molar-refractivity contribution in [2.24, 2.45) is 0 Å². The lowest BCUT2D eigenvalue weighted by atomic mass is 10.2. The van der Waals surface area contributed by atoms with E-state index in [0.717, 1.165) is 57.2 Å². The minimum atomic E-state index is 0.286. The van der Waals surface area contributed by atoms with Crippen LogP contribution in [0.15, 0.2) is 12.1 Å². The summed E-state index contributed by atoms with van der Waals surface area (Å²) < 4.78 is 0. The Morgan fingerprint density at radius 1 is 0.917 bits per heavy atom. The van der Waals surface area contributed by atoms with Crippen molar-refractivity contribution in [3.8, 4) is 0 Å². The number of carbonyl (C=O) groups excluding carboxylic acids is 1. The van der Waals surface area contributed by atoms with Crippen LogP contribution in [0.3, 0.4) is 0 Å². The van der Waals surface area contributed by atoms with Crippen LogP contribution in [0.5, 0.6) is 0 Å². The van der Waals surface area contributed by atoms with Crippen molar-refractivity contribution in [2.75, 3.05) is 50.7 Å². The van der Waals surface area contributed by atoms with Gasteiger partial charge in [-0.25, -0.2) is 0 Å². The van der Waals surface area contributed by atoms with E-state index in [0.29, 0.717) is 6.54 Å². The molecule has 0 atom stereocenters. The third kappa shape index (κ3) is 4.66. The molecule has 0 bridgehead atoms. The van der Waals surface area contributed by atoms with Gasteiger partial charge in [-0.2, -0.15) is 5.10 Å². The van der Waals surface area contributed by atoms with E-state index in [2.05, 4.69) is 20.0 Å². The average Bonchev–Trinajstić information content (AvgIpc) is 2.98. The summed E-state index contributed by atoms with van der Waals surface area (Å²) in [5.41, 5.74) is 0.933. The molecule has 1 amide bonds. The lowest BCUT2D eigenvalue weighted by Crippen LogP contribution is -2.42. The third-order valence-electron chi connectivity index (χ3n) is 5.01. The fourth-order valence-corrected chi connectivity index (χ4v) is 3.54. The first-order chi connectivity index (χ1) is 11.7. The second-order valence-electron chi connectivity index (χ2n) is 6.94. The quantitative estimate of drug-likeness (QED) is 0.844. The number of aryl methyl sites for hydroxylation is 1. The van der Waals surface area contributed by atoms with Crippen molar-refractivity contribution in [1.82, 2.24) is 20.0 Å². The zero-order valence-electron chi connectivity index (χ0n) is 14.8. The molecule has 1 aromatic heterocycles. The molecule has 6 nitrogen and oxygen atoms in total. The second kappa shape index (κ2) is 8.42. The van der Waals surface area contributed by atoms with Gasteiger partial charge < -0.3 is 9.80 Å². The van der Waals surface area contributed by atoms with Crippen LogP contribution in [-0.4, -0.2) is 71.7 Å². The lowest BCUT2D eigenvalue weighted by molar-refractivity contribution is -0.132. The van der Waals surface area contributed by atoms with Crippen molar-refractivity contribution < 1.29 is 4.79 Å². The third-order valence-corrected chi connectivity index (χ3v) is 5.01. The molecule has 0 aliphatic carbocycles. The van der Waals surface area contributed by atoms with Gasteiger partial charge in [0.1, 0.15) is 0 Å². The number of anilines is 1. The minimum absolute atomic E-state index is 0.286. The molecule has 3 heterocycles. The standard InChI is InChI=1S/C18H29N5O/c1-16-7-8-17(20-19-16)22-11-6-12-23(14-13-22)18(24)15-21-9-4-2-3-5-10-21/h7-8H,2-6,9-15H2,1H3. The molecule has 0 aromatic carbocycles. The maximum atomic E-state index is 12.7. The van der Waals surface area contributed by atoms with Gasteiger partial charge in [-0.15, -0.1) is 5.10 Å². The number of aromatic nitrogens is 2. The number of likely N-dealkylation sites (tertiary alicyclic amines) is 1. The van der Waals surface area contributed by atoms with E-state index < -0.39 is 0 Å². The number of hydrogen-bond donors (Lipinski definition) is 0. The van der Waals surface area contributed by atoms with E-state index in [1.807, 2.05) is 24.0 Å². The van der Waals surface area contributed by atoms with Crippen LogP contribution in [-0.2, 0) is 4.79 Å². The van der Waals surface area contributed by atoms with Crippen LogP contribution in [0.25, 0.3) is 0 Å². The van der Waals surface area contributed by atoms with E-state index in [-0.39, 0.29) is 5.91 Å². The predicted molar refractivity (Wildman–Crippen MR) is 95.1 cm³/mol. The highest BCUT2D eigenvalue weighted by Gasteiger charge is 2.22.